The molecule has 0 aromatic rings. The normalized spacial score (nSPS) is 16.9. The first-order valence-corrected chi connectivity index (χ1v) is 12.9. The van der Waals surface area contributed by atoms with Crippen LogP contribution < -0.4 is 33.2 Å². The number of likely N-dealkylation sites (tertiary alicyclic amines) is 1. The van der Waals surface area contributed by atoms with Crippen LogP contribution in [-0.2, 0) is 19.2 Å². The van der Waals surface area contributed by atoms with Gasteiger partial charge in [0.2, 0.25) is 23.6 Å². The first-order chi connectivity index (χ1) is 16.9. The minimum atomic E-state index is -0.896. The highest BCUT2D eigenvalue weighted by atomic mass is 35.5. The van der Waals surface area contributed by atoms with Crippen molar-refractivity contribution in [1.82, 2.24) is 20.9 Å². The smallest absolute Gasteiger partial charge is 0.245 e. The molecule has 1 saturated heterocycles. The van der Waals surface area contributed by atoms with E-state index in [4.69, 9.17) is 17.2 Å². The number of nitrogens with zero attached hydrogens (tertiary/aromatic N) is 2. The van der Waals surface area contributed by atoms with Gasteiger partial charge in [-0.3, -0.25) is 24.2 Å². The zero-order valence-electron chi connectivity index (χ0n) is 23.2. The van der Waals surface area contributed by atoms with Gasteiger partial charge in [0.15, 0.2) is 5.96 Å². The molecular formula is C24H48Cl2N8O4. The van der Waals surface area contributed by atoms with Crippen molar-refractivity contribution in [2.24, 2.45) is 34.0 Å². The lowest BCUT2D eigenvalue weighted by molar-refractivity contribution is -0.142. The van der Waals surface area contributed by atoms with Crippen LogP contribution in [0.5, 0.6) is 0 Å². The second kappa shape index (κ2) is 18.9. The van der Waals surface area contributed by atoms with Gasteiger partial charge in [0.25, 0.3) is 0 Å². The van der Waals surface area contributed by atoms with Gasteiger partial charge in [0, 0.05) is 19.6 Å². The molecule has 1 aliphatic heterocycles. The molecule has 1 aliphatic rings. The predicted octanol–water partition coefficient (Wildman–Crippen LogP) is 0.00970. The summed E-state index contributed by atoms with van der Waals surface area (Å²) in [5.41, 5.74) is 16.8. The van der Waals surface area contributed by atoms with E-state index in [2.05, 4.69) is 20.9 Å². The lowest BCUT2D eigenvalue weighted by atomic mass is 9.99. The molecule has 4 amide bonds. The molecule has 0 radical (unpaired) electrons. The molecule has 0 spiro atoms. The Morgan fingerprint density at radius 2 is 1.61 bits per heavy atom. The van der Waals surface area contributed by atoms with E-state index in [0.717, 1.165) is 0 Å². The Hall–Kier alpha value is -2.31. The van der Waals surface area contributed by atoms with Crippen molar-refractivity contribution in [2.45, 2.75) is 90.9 Å². The predicted molar refractivity (Wildman–Crippen MR) is 154 cm³/mol. The lowest BCUT2D eigenvalue weighted by Crippen LogP contribution is -2.58. The molecule has 1 rings (SSSR count). The van der Waals surface area contributed by atoms with Gasteiger partial charge in [0.1, 0.15) is 18.1 Å². The van der Waals surface area contributed by atoms with Crippen molar-refractivity contribution in [1.29, 1.82) is 0 Å². The number of guanidine groups is 1. The highest BCUT2D eigenvalue weighted by Crippen LogP contribution is 2.20. The minimum absolute atomic E-state index is 0. The second-order valence-corrected chi connectivity index (χ2v) is 10.1. The molecule has 222 valence electrons. The average molecular weight is 584 g/mol. The maximum absolute atomic E-state index is 13.5. The van der Waals surface area contributed by atoms with Crippen LogP contribution in [0.2, 0.25) is 0 Å². The van der Waals surface area contributed by atoms with E-state index in [9.17, 15) is 19.2 Å². The summed E-state index contributed by atoms with van der Waals surface area (Å²) in [6.07, 6.45) is 2.34. The first kappa shape index (κ1) is 37.8. The molecule has 0 saturated carbocycles. The van der Waals surface area contributed by atoms with Crippen molar-refractivity contribution in [3.63, 3.8) is 0 Å². The number of rotatable bonds is 14. The van der Waals surface area contributed by atoms with Crippen LogP contribution >= 0.6 is 24.8 Å². The second-order valence-electron chi connectivity index (χ2n) is 10.1. The van der Waals surface area contributed by atoms with E-state index in [1.807, 2.05) is 34.6 Å². The number of halogens is 2. The van der Waals surface area contributed by atoms with Crippen LogP contribution in [0, 0.1) is 11.8 Å². The van der Waals surface area contributed by atoms with Gasteiger partial charge in [-0.2, -0.15) is 0 Å². The van der Waals surface area contributed by atoms with Crippen molar-refractivity contribution >= 4 is 54.4 Å². The summed E-state index contributed by atoms with van der Waals surface area (Å²) < 4.78 is 0. The maximum Gasteiger partial charge on any atom is 0.245 e. The molecule has 0 unspecified atom stereocenters. The number of aliphatic imine (C=N–C) groups is 1. The highest BCUT2D eigenvalue weighted by Gasteiger charge is 2.38. The quantitative estimate of drug-likeness (QED) is 0.0940. The largest absolute Gasteiger partial charge is 0.370 e. The summed E-state index contributed by atoms with van der Waals surface area (Å²) in [5.74, 6) is -1.48. The van der Waals surface area contributed by atoms with Gasteiger partial charge < -0.3 is 38.1 Å². The molecule has 1 heterocycles. The molecule has 1 fully saturated rings. The minimum Gasteiger partial charge on any atom is -0.370 e. The van der Waals surface area contributed by atoms with Crippen LogP contribution in [0.1, 0.15) is 66.7 Å². The van der Waals surface area contributed by atoms with Crippen molar-refractivity contribution in [2.75, 3.05) is 19.6 Å². The number of carbonyl (C=O) groups excluding carboxylic acids is 4. The van der Waals surface area contributed by atoms with Crippen molar-refractivity contribution in [3.8, 4) is 0 Å². The summed E-state index contributed by atoms with van der Waals surface area (Å²) in [6, 6.07) is -3.09. The summed E-state index contributed by atoms with van der Waals surface area (Å²) in [4.78, 5) is 57.4. The first-order valence-electron chi connectivity index (χ1n) is 12.9. The number of hydrogen-bond acceptors (Lipinski definition) is 6. The van der Waals surface area contributed by atoms with Crippen LogP contribution in [0.25, 0.3) is 0 Å². The summed E-state index contributed by atoms with van der Waals surface area (Å²) in [5, 5.41) is 8.35. The van der Waals surface area contributed by atoms with Crippen LogP contribution in [0.4, 0.5) is 0 Å². The SMILES string of the molecule is CCNC(=O)[C@@H]1CCCN1C(=O)[C@H](CCCN=C(N)N)NC(=O)[C@H](CC(C)C)NC(=O)[C@H](N)C(C)C.Cl.Cl. The van der Waals surface area contributed by atoms with Crippen LogP contribution in [-0.4, -0.2) is 78.3 Å². The molecule has 0 aromatic carbocycles. The average Bonchev–Trinajstić information content (AvgIpc) is 3.29. The molecule has 9 N–H and O–H groups in total. The zero-order valence-corrected chi connectivity index (χ0v) is 24.8. The number of likely N-dealkylation sites (N-methyl/N-ethyl adjacent to an activating group) is 1. The number of nitrogens with one attached hydrogen (secondary N) is 3. The number of amides is 4. The molecule has 0 aliphatic carbocycles. The Morgan fingerprint density at radius 3 is 2.13 bits per heavy atom. The van der Waals surface area contributed by atoms with Crippen LogP contribution in [0.15, 0.2) is 4.99 Å². The van der Waals surface area contributed by atoms with Gasteiger partial charge in [-0.15, -0.1) is 24.8 Å². The van der Waals surface area contributed by atoms with E-state index in [1.165, 1.54) is 4.90 Å². The summed E-state index contributed by atoms with van der Waals surface area (Å²) in [7, 11) is 0. The lowest BCUT2D eigenvalue weighted by Gasteiger charge is -2.30. The fourth-order valence-electron chi connectivity index (χ4n) is 4.10. The fourth-order valence-corrected chi connectivity index (χ4v) is 4.10. The number of nitrogens with two attached hydrogens (primary N) is 3. The van der Waals surface area contributed by atoms with Gasteiger partial charge >= 0.3 is 0 Å². The number of hydrogen-bond donors (Lipinski definition) is 6. The Bertz CT molecular complexity index is 793. The van der Waals surface area contributed by atoms with Gasteiger partial charge in [-0.25, -0.2) is 0 Å². The molecule has 12 nitrogen and oxygen atoms in total. The standard InChI is InChI=1S/C24H46N8O4.2ClH/c1-6-28-21(34)18-10-8-12-32(18)23(36)16(9-7-11-29-24(26)27)30-20(33)17(13-14(2)3)31-22(35)19(25)15(4)5;;/h14-19H,6-13,25H2,1-5H3,(H,28,34)(H,30,33)(H,31,35)(H4,26,27,29);2*1H/t16-,17-,18-,19+;;/m0../s1. The molecular weight excluding hydrogens is 535 g/mol. The Morgan fingerprint density at radius 1 is 1.00 bits per heavy atom. The highest BCUT2D eigenvalue weighted by molar-refractivity contribution is 5.95. The Labute approximate surface area is 238 Å². The molecule has 0 bridgehead atoms. The third-order valence-electron chi connectivity index (χ3n) is 6.11. The van der Waals surface area contributed by atoms with Crippen LogP contribution in [0.3, 0.4) is 0 Å². The Kier molecular flexibility index (Phi) is 18.8. The van der Waals surface area contributed by atoms with E-state index in [1.54, 1.807) is 0 Å². The van der Waals surface area contributed by atoms with Gasteiger partial charge in [-0.05, 0) is 50.9 Å². The molecule has 38 heavy (non-hydrogen) atoms. The Balaban J connectivity index is 0. The summed E-state index contributed by atoms with van der Waals surface area (Å²) in [6.45, 7) is 10.5. The van der Waals surface area contributed by atoms with E-state index in [0.29, 0.717) is 38.8 Å². The maximum atomic E-state index is 13.5. The third kappa shape index (κ3) is 12.5. The van der Waals surface area contributed by atoms with E-state index >= 15 is 0 Å². The topological polar surface area (TPSA) is 198 Å². The molecule has 14 heteroatoms. The number of carbonyl (C=O) groups is 4. The van der Waals surface area contributed by atoms with Gasteiger partial charge in [-0.1, -0.05) is 27.7 Å². The molecule has 0 aromatic heterocycles. The van der Waals surface area contributed by atoms with E-state index < -0.39 is 36.0 Å². The zero-order chi connectivity index (χ0) is 27.4. The third-order valence-corrected chi connectivity index (χ3v) is 6.11. The van der Waals surface area contributed by atoms with Crippen molar-refractivity contribution < 1.29 is 19.2 Å². The summed E-state index contributed by atoms with van der Waals surface area (Å²) >= 11 is 0. The van der Waals surface area contributed by atoms with E-state index in [-0.39, 0.29) is 67.4 Å². The fraction of sp³-hybridized carbons (Fsp3) is 0.792. The van der Waals surface area contributed by atoms with Crippen molar-refractivity contribution in [3.05, 3.63) is 0 Å². The molecule has 4 atom stereocenters. The monoisotopic (exact) mass is 582 g/mol. The van der Waals surface area contributed by atoms with Gasteiger partial charge in [0.05, 0.1) is 6.04 Å².